The van der Waals surface area contributed by atoms with Crippen molar-refractivity contribution in [2.45, 2.75) is 11.6 Å². The van der Waals surface area contributed by atoms with E-state index in [0.717, 1.165) is 0 Å². The Hall–Kier alpha value is -1.99. The van der Waals surface area contributed by atoms with Crippen LogP contribution in [0, 0.1) is 0 Å². The first kappa shape index (κ1) is 18.4. The summed E-state index contributed by atoms with van der Waals surface area (Å²) in [5, 5.41) is 0. The zero-order valence-corrected chi connectivity index (χ0v) is 14.5. The first-order valence-corrected chi connectivity index (χ1v) is 7.33. The molecule has 24 heavy (non-hydrogen) atoms. The van der Waals surface area contributed by atoms with Crippen LogP contribution in [0.4, 0.5) is 0 Å². The summed E-state index contributed by atoms with van der Waals surface area (Å²) in [7, 11) is 7.23. The number of carbonyl (C=O) groups excluding carboxylic acids is 1. The van der Waals surface area contributed by atoms with Crippen LogP contribution in [0.2, 0.25) is 0 Å². The third-order valence-electron chi connectivity index (χ3n) is 4.11. The van der Waals surface area contributed by atoms with E-state index in [0.29, 0.717) is 11.1 Å². The average Bonchev–Trinajstić information content (AvgIpc) is 2.66. The Morgan fingerprint density at radius 3 is 1.92 bits per heavy atom. The van der Waals surface area contributed by atoms with E-state index in [1.165, 1.54) is 41.6 Å². The van der Waals surface area contributed by atoms with Crippen molar-refractivity contribution in [1.82, 2.24) is 0 Å². The van der Waals surface area contributed by atoms with Crippen LogP contribution in [0.1, 0.15) is 10.4 Å². The lowest BCUT2D eigenvalue weighted by Crippen LogP contribution is -2.61. The average molecular weight is 334 g/mol. The Balaban J connectivity index is 2.61. The lowest BCUT2D eigenvalue weighted by Gasteiger charge is -2.46. The Bertz CT molecular complexity index is 639. The molecule has 0 spiro atoms. The topological polar surface area (TPSA) is 63.2 Å². The number of hydrogen-bond donors (Lipinski definition) is 0. The molecule has 0 amide bonds. The highest BCUT2D eigenvalue weighted by atomic mass is 16.8. The van der Waals surface area contributed by atoms with Crippen molar-refractivity contribution in [2.75, 3.05) is 35.5 Å². The Kier molecular flexibility index (Phi) is 5.56. The Morgan fingerprint density at radius 2 is 1.46 bits per heavy atom. The molecule has 130 valence electrons. The van der Waals surface area contributed by atoms with Crippen molar-refractivity contribution in [1.29, 1.82) is 0 Å². The van der Waals surface area contributed by atoms with Crippen LogP contribution in [0.15, 0.2) is 53.8 Å². The van der Waals surface area contributed by atoms with Crippen LogP contribution in [0.3, 0.4) is 0 Å². The van der Waals surface area contributed by atoms with E-state index >= 15 is 0 Å². The molecule has 2 rings (SSSR count). The maximum absolute atomic E-state index is 12.8. The first-order chi connectivity index (χ1) is 11.5. The van der Waals surface area contributed by atoms with Gasteiger partial charge in [-0.2, -0.15) is 0 Å². The SMILES string of the molecule is COC1=CC(C(=O)c2ccccc2)=CC(OC)(OC)C1(OC)OC. The second-order valence-corrected chi connectivity index (χ2v) is 5.11. The van der Waals surface area contributed by atoms with Gasteiger partial charge in [-0.05, 0) is 12.2 Å². The molecule has 0 fully saturated rings. The van der Waals surface area contributed by atoms with E-state index in [9.17, 15) is 4.79 Å². The number of Topliss-reactive ketones (excluding diaryl/α,β-unsaturated/α-hetero) is 1. The van der Waals surface area contributed by atoms with Gasteiger partial charge in [-0.3, -0.25) is 4.79 Å². The standard InChI is InChI=1S/C18H22O6/c1-20-15-11-14(16(19)13-9-7-6-8-10-13)12-17(21-2,22-3)18(15,23-4)24-5/h6-12H,1-5H3. The number of ether oxygens (including phenoxy) is 5. The lowest BCUT2D eigenvalue weighted by atomic mass is 9.89. The molecule has 0 saturated carbocycles. The maximum Gasteiger partial charge on any atom is 0.287 e. The highest BCUT2D eigenvalue weighted by Gasteiger charge is 2.60. The van der Waals surface area contributed by atoms with Gasteiger partial charge in [0.25, 0.3) is 11.6 Å². The molecule has 0 unspecified atom stereocenters. The maximum atomic E-state index is 12.8. The minimum absolute atomic E-state index is 0.190. The summed E-state index contributed by atoms with van der Waals surface area (Å²) in [5.41, 5.74) is 0.894. The molecular weight excluding hydrogens is 312 g/mol. The van der Waals surface area contributed by atoms with Crippen LogP contribution >= 0.6 is 0 Å². The van der Waals surface area contributed by atoms with E-state index < -0.39 is 11.6 Å². The fourth-order valence-electron chi connectivity index (χ4n) is 2.87. The zero-order valence-electron chi connectivity index (χ0n) is 14.5. The predicted molar refractivity (Wildman–Crippen MR) is 87.4 cm³/mol. The van der Waals surface area contributed by atoms with Crippen LogP contribution in [-0.2, 0) is 23.7 Å². The van der Waals surface area contributed by atoms with Crippen molar-refractivity contribution >= 4 is 5.78 Å². The largest absolute Gasteiger partial charge is 0.495 e. The van der Waals surface area contributed by atoms with Gasteiger partial charge in [-0.15, -0.1) is 0 Å². The summed E-state index contributed by atoms with van der Waals surface area (Å²) < 4.78 is 27.6. The van der Waals surface area contributed by atoms with Gasteiger partial charge in [-0.25, -0.2) is 0 Å². The lowest BCUT2D eigenvalue weighted by molar-refractivity contribution is -0.360. The first-order valence-electron chi connectivity index (χ1n) is 7.33. The Morgan fingerprint density at radius 1 is 0.875 bits per heavy atom. The molecule has 0 radical (unpaired) electrons. The quantitative estimate of drug-likeness (QED) is 0.563. The molecule has 1 aliphatic carbocycles. The van der Waals surface area contributed by atoms with Gasteiger partial charge in [0.15, 0.2) is 11.5 Å². The van der Waals surface area contributed by atoms with E-state index in [1.807, 2.05) is 6.07 Å². The van der Waals surface area contributed by atoms with Gasteiger partial charge in [0.2, 0.25) is 0 Å². The predicted octanol–water partition coefficient (Wildman–Crippen LogP) is 2.32. The van der Waals surface area contributed by atoms with E-state index in [1.54, 1.807) is 30.3 Å². The molecule has 0 saturated heterocycles. The minimum Gasteiger partial charge on any atom is -0.495 e. The van der Waals surface area contributed by atoms with Gasteiger partial charge in [-0.1, -0.05) is 30.3 Å². The molecule has 6 heteroatoms. The third kappa shape index (κ3) is 2.67. The summed E-state index contributed by atoms with van der Waals surface area (Å²) in [6.45, 7) is 0. The smallest absolute Gasteiger partial charge is 0.287 e. The van der Waals surface area contributed by atoms with Crippen molar-refractivity contribution < 1.29 is 28.5 Å². The van der Waals surface area contributed by atoms with Crippen LogP contribution in [0.5, 0.6) is 0 Å². The molecule has 0 heterocycles. The molecule has 6 nitrogen and oxygen atoms in total. The monoisotopic (exact) mass is 334 g/mol. The molecular formula is C18H22O6. The number of rotatable bonds is 7. The summed E-state index contributed by atoms with van der Waals surface area (Å²) in [6, 6.07) is 8.91. The molecule has 1 aliphatic rings. The molecule has 0 aromatic heterocycles. The summed E-state index contributed by atoms with van der Waals surface area (Å²) in [4.78, 5) is 12.8. The molecule has 0 aliphatic heterocycles. The van der Waals surface area contributed by atoms with E-state index in [2.05, 4.69) is 0 Å². The van der Waals surface area contributed by atoms with Crippen molar-refractivity contribution in [2.24, 2.45) is 0 Å². The van der Waals surface area contributed by atoms with Crippen LogP contribution in [-0.4, -0.2) is 52.9 Å². The second-order valence-electron chi connectivity index (χ2n) is 5.11. The molecule has 0 N–H and O–H groups in total. The van der Waals surface area contributed by atoms with Crippen molar-refractivity contribution in [3.05, 3.63) is 59.4 Å². The van der Waals surface area contributed by atoms with Crippen LogP contribution < -0.4 is 0 Å². The van der Waals surface area contributed by atoms with Gasteiger partial charge in [0, 0.05) is 39.6 Å². The Labute approximate surface area is 141 Å². The number of carbonyl (C=O) groups is 1. The molecule has 1 aromatic rings. The summed E-state index contributed by atoms with van der Waals surface area (Å²) in [6.07, 6.45) is 3.11. The normalized spacial score (nSPS) is 18.5. The highest BCUT2D eigenvalue weighted by molar-refractivity contribution is 6.10. The van der Waals surface area contributed by atoms with Gasteiger partial charge < -0.3 is 23.7 Å². The number of ketones is 1. The third-order valence-corrected chi connectivity index (χ3v) is 4.11. The summed E-state index contributed by atoms with van der Waals surface area (Å²) in [5.74, 6) is -2.90. The number of hydrogen-bond acceptors (Lipinski definition) is 6. The van der Waals surface area contributed by atoms with Gasteiger partial charge in [0.05, 0.1) is 7.11 Å². The highest BCUT2D eigenvalue weighted by Crippen LogP contribution is 2.43. The fourth-order valence-corrected chi connectivity index (χ4v) is 2.87. The summed E-state index contributed by atoms with van der Waals surface area (Å²) >= 11 is 0. The van der Waals surface area contributed by atoms with Crippen molar-refractivity contribution in [3.8, 4) is 0 Å². The second kappa shape index (κ2) is 7.27. The fraction of sp³-hybridized carbons (Fsp3) is 0.389. The van der Waals surface area contributed by atoms with Crippen LogP contribution in [0.25, 0.3) is 0 Å². The number of allylic oxidation sites excluding steroid dienone is 2. The molecule has 0 atom stereocenters. The van der Waals surface area contributed by atoms with Gasteiger partial charge in [0.1, 0.15) is 0 Å². The number of methoxy groups -OCH3 is 5. The van der Waals surface area contributed by atoms with E-state index in [4.69, 9.17) is 23.7 Å². The molecule has 1 aromatic carbocycles. The molecule has 0 bridgehead atoms. The van der Waals surface area contributed by atoms with Crippen molar-refractivity contribution in [3.63, 3.8) is 0 Å². The zero-order chi connectivity index (χ0) is 17.8. The minimum atomic E-state index is -1.49. The van der Waals surface area contributed by atoms with Gasteiger partial charge >= 0.3 is 0 Å². The number of benzene rings is 1. The van der Waals surface area contributed by atoms with E-state index in [-0.39, 0.29) is 11.5 Å².